The van der Waals surface area contributed by atoms with Gasteiger partial charge in [-0.05, 0) is 17.7 Å². The van der Waals surface area contributed by atoms with E-state index in [2.05, 4.69) is 5.32 Å². The first-order chi connectivity index (χ1) is 10.9. The lowest BCUT2D eigenvalue weighted by molar-refractivity contribution is -0.155. The number of halogens is 3. The summed E-state index contributed by atoms with van der Waals surface area (Å²) < 4.78 is 39.7. The third-order valence-electron chi connectivity index (χ3n) is 3.31. The molecule has 1 amide bonds. The molecule has 0 aliphatic heterocycles. The normalized spacial score (nSPS) is 12.3. The molecule has 0 spiro atoms. The fraction of sp³-hybridized carbons (Fsp3) is 0.176. The maximum absolute atomic E-state index is 13.2. The van der Waals surface area contributed by atoms with Crippen molar-refractivity contribution >= 4 is 11.6 Å². The standard InChI is InChI=1S/C17H13F3N2O/c18-17(19,20)14(12-6-2-1-3-7-12)10-16(23)22-15-9-5-4-8-13(15)11-21/h1-9,14H,10H2,(H,22,23)/t14-/m0/s1. The Morgan fingerprint density at radius 1 is 1.09 bits per heavy atom. The van der Waals surface area contributed by atoms with Crippen LogP contribution < -0.4 is 5.32 Å². The summed E-state index contributed by atoms with van der Waals surface area (Å²) in [4.78, 5) is 12.0. The van der Waals surface area contributed by atoms with Gasteiger partial charge in [-0.25, -0.2) is 0 Å². The second-order valence-electron chi connectivity index (χ2n) is 4.91. The quantitative estimate of drug-likeness (QED) is 0.917. The van der Waals surface area contributed by atoms with Crippen LogP contribution in [0.4, 0.5) is 18.9 Å². The van der Waals surface area contributed by atoms with Crippen molar-refractivity contribution in [1.29, 1.82) is 5.26 Å². The van der Waals surface area contributed by atoms with Crippen molar-refractivity contribution in [3.05, 3.63) is 65.7 Å². The molecular weight excluding hydrogens is 305 g/mol. The third kappa shape index (κ3) is 4.33. The molecular formula is C17H13F3N2O. The zero-order valence-corrected chi connectivity index (χ0v) is 12.0. The second-order valence-corrected chi connectivity index (χ2v) is 4.91. The molecule has 0 aliphatic carbocycles. The van der Waals surface area contributed by atoms with Crippen molar-refractivity contribution in [1.82, 2.24) is 0 Å². The number of amides is 1. The number of nitrogens with zero attached hydrogens (tertiary/aromatic N) is 1. The predicted molar refractivity (Wildman–Crippen MR) is 79.6 cm³/mol. The second kappa shape index (κ2) is 6.97. The predicted octanol–water partition coefficient (Wildman–Crippen LogP) is 4.23. The highest BCUT2D eigenvalue weighted by atomic mass is 19.4. The summed E-state index contributed by atoms with van der Waals surface area (Å²) in [6, 6.07) is 15.3. The van der Waals surface area contributed by atoms with E-state index in [0.29, 0.717) is 0 Å². The molecule has 0 unspecified atom stereocenters. The van der Waals surface area contributed by atoms with Gasteiger partial charge in [0.2, 0.25) is 5.91 Å². The molecule has 0 saturated carbocycles. The van der Waals surface area contributed by atoms with E-state index >= 15 is 0 Å². The summed E-state index contributed by atoms with van der Waals surface area (Å²) in [5.41, 5.74) is 0.432. The van der Waals surface area contributed by atoms with E-state index in [-0.39, 0.29) is 16.8 Å². The van der Waals surface area contributed by atoms with Gasteiger partial charge in [0.05, 0.1) is 17.2 Å². The Bertz CT molecular complexity index is 721. The topological polar surface area (TPSA) is 52.9 Å². The molecule has 2 aromatic rings. The van der Waals surface area contributed by atoms with E-state index in [1.54, 1.807) is 18.2 Å². The lowest BCUT2D eigenvalue weighted by Gasteiger charge is -2.20. The number of nitriles is 1. The van der Waals surface area contributed by atoms with E-state index in [4.69, 9.17) is 5.26 Å². The van der Waals surface area contributed by atoms with Gasteiger partial charge in [-0.2, -0.15) is 18.4 Å². The molecule has 6 heteroatoms. The van der Waals surface area contributed by atoms with Crippen LogP contribution in [-0.4, -0.2) is 12.1 Å². The van der Waals surface area contributed by atoms with Gasteiger partial charge in [-0.1, -0.05) is 42.5 Å². The van der Waals surface area contributed by atoms with Gasteiger partial charge in [0.25, 0.3) is 0 Å². The molecule has 2 rings (SSSR count). The summed E-state index contributed by atoms with van der Waals surface area (Å²) in [6.07, 6.45) is -5.28. The van der Waals surface area contributed by atoms with Gasteiger partial charge < -0.3 is 5.32 Å². The van der Waals surface area contributed by atoms with Crippen LogP contribution in [0.3, 0.4) is 0 Å². The van der Waals surface area contributed by atoms with Crippen LogP contribution in [0.25, 0.3) is 0 Å². The SMILES string of the molecule is N#Cc1ccccc1NC(=O)C[C@@H](c1ccccc1)C(F)(F)F. The van der Waals surface area contributed by atoms with Crippen LogP contribution in [0.5, 0.6) is 0 Å². The summed E-state index contributed by atoms with van der Waals surface area (Å²) in [5.74, 6) is -2.68. The van der Waals surface area contributed by atoms with Gasteiger partial charge in [0.15, 0.2) is 0 Å². The van der Waals surface area contributed by atoms with Crippen LogP contribution in [0.15, 0.2) is 54.6 Å². The van der Waals surface area contributed by atoms with Crippen molar-refractivity contribution in [3.8, 4) is 6.07 Å². The fourth-order valence-electron chi connectivity index (χ4n) is 2.18. The molecule has 0 bridgehead atoms. The van der Waals surface area contributed by atoms with E-state index in [1.165, 1.54) is 36.4 Å². The molecule has 1 atom stereocenters. The summed E-state index contributed by atoms with van der Waals surface area (Å²) >= 11 is 0. The number of carbonyl (C=O) groups excluding carboxylic acids is 1. The lowest BCUT2D eigenvalue weighted by atomic mass is 9.94. The Hall–Kier alpha value is -2.81. The van der Waals surface area contributed by atoms with Crippen LogP contribution in [0.1, 0.15) is 23.5 Å². The molecule has 0 aliphatic rings. The number of hydrogen-bond donors (Lipinski definition) is 1. The summed E-state index contributed by atoms with van der Waals surface area (Å²) in [7, 11) is 0. The first-order valence-electron chi connectivity index (χ1n) is 6.82. The minimum atomic E-state index is -4.53. The maximum Gasteiger partial charge on any atom is 0.396 e. The molecule has 0 fully saturated rings. The number of benzene rings is 2. The molecule has 0 saturated heterocycles. The third-order valence-corrected chi connectivity index (χ3v) is 3.31. The molecule has 118 valence electrons. The molecule has 1 N–H and O–H groups in total. The first kappa shape index (κ1) is 16.6. The van der Waals surface area contributed by atoms with E-state index < -0.39 is 24.4 Å². The molecule has 0 radical (unpaired) electrons. The highest BCUT2D eigenvalue weighted by molar-refractivity contribution is 5.92. The number of para-hydroxylation sites is 1. The Balaban J connectivity index is 2.18. The number of nitrogens with one attached hydrogen (secondary N) is 1. The zero-order chi connectivity index (χ0) is 16.9. The van der Waals surface area contributed by atoms with Gasteiger partial charge in [-0.15, -0.1) is 0 Å². The Morgan fingerprint density at radius 2 is 1.70 bits per heavy atom. The molecule has 23 heavy (non-hydrogen) atoms. The zero-order valence-electron chi connectivity index (χ0n) is 12.0. The largest absolute Gasteiger partial charge is 0.396 e. The first-order valence-corrected chi connectivity index (χ1v) is 6.82. The lowest BCUT2D eigenvalue weighted by Crippen LogP contribution is -2.26. The van der Waals surface area contributed by atoms with Crippen LogP contribution in [-0.2, 0) is 4.79 Å². The van der Waals surface area contributed by atoms with Gasteiger partial charge in [-0.3, -0.25) is 4.79 Å². The monoisotopic (exact) mass is 318 g/mol. The number of rotatable bonds is 4. The van der Waals surface area contributed by atoms with Crippen LogP contribution in [0.2, 0.25) is 0 Å². The average molecular weight is 318 g/mol. The fourth-order valence-corrected chi connectivity index (χ4v) is 2.18. The van der Waals surface area contributed by atoms with E-state index in [9.17, 15) is 18.0 Å². The minimum absolute atomic E-state index is 0.0312. The smallest absolute Gasteiger partial charge is 0.325 e. The summed E-state index contributed by atoms with van der Waals surface area (Å²) in [6.45, 7) is 0. The highest BCUT2D eigenvalue weighted by Crippen LogP contribution is 2.37. The number of carbonyl (C=O) groups is 1. The number of anilines is 1. The maximum atomic E-state index is 13.2. The van der Waals surface area contributed by atoms with Crippen molar-refractivity contribution in [2.45, 2.75) is 18.5 Å². The van der Waals surface area contributed by atoms with E-state index in [1.807, 2.05) is 6.07 Å². The molecule has 0 aromatic heterocycles. The van der Waals surface area contributed by atoms with Gasteiger partial charge in [0.1, 0.15) is 6.07 Å². The van der Waals surface area contributed by atoms with Crippen molar-refractivity contribution in [2.75, 3.05) is 5.32 Å². The van der Waals surface area contributed by atoms with Crippen molar-refractivity contribution < 1.29 is 18.0 Å². The number of hydrogen-bond acceptors (Lipinski definition) is 2. The van der Waals surface area contributed by atoms with Gasteiger partial charge in [0, 0.05) is 6.42 Å². The Morgan fingerprint density at radius 3 is 2.30 bits per heavy atom. The highest BCUT2D eigenvalue weighted by Gasteiger charge is 2.41. The Labute approximate surface area is 131 Å². The van der Waals surface area contributed by atoms with E-state index in [0.717, 1.165) is 0 Å². The average Bonchev–Trinajstić information content (AvgIpc) is 2.53. The summed E-state index contributed by atoms with van der Waals surface area (Å²) in [5, 5.41) is 11.3. The van der Waals surface area contributed by atoms with Crippen LogP contribution >= 0.6 is 0 Å². The van der Waals surface area contributed by atoms with Gasteiger partial charge >= 0.3 is 6.18 Å². The number of alkyl halides is 3. The van der Waals surface area contributed by atoms with Crippen molar-refractivity contribution in [2.24, 2.45) is 0 Å². The molecule has 0 heterocycles. The van der Waals surface area contributed by atoms with Crippen LogP contribution in [0, 0.1) is 11.3 Å². The molecule has 3 nitrogen and oxygen atoms in total. The minimum Gasteiger partial charge on any atom is -0.325 e. The van der Waals surface area contributed by atoms with Crippen molar-refractivity contribution in [3.63, 3.8) is 0 Å². The molecule has 2 aromatic carbocycles. The Kier molecular flexibility index (Phi) is 5.02.